The van der Waals surface area contributed by atoms with E-state index in [1.807, 2.05) is 6.07 Å². The van der Waals surface area contributed by atoms with Crippen LogP contribution in [0, 0.1) is 16.0 Å². The molecule has 1 aromatic carbocycles. The molecule has 3 aliphatic rings. The van der Waals surface area contributed by atoms with Crippen LogP contribution in [0.4, 0.5) is 5.69 Å². The Kier molecular flexibility index (Phi) is 4.24. The van der Waals surface area contributed by atoms with Crippen molar-refractivity contribution in [2.45, 2.75) is 31.8 Å². The van der Waals surface area contributed by atoms with Crippen molar-refractivity contribution < 1.29 is 9.72 Å². The quantitative estimate of drug-likeness (QED) is 0.676. The molecule has 5 rings (SSSR count). The number of nitro groups is 1. The predicted octanol–water partition coefficient (Wildman–Crippen LogP) is 2.60. The molecule has 3 saturated heterocycles. The van der Waals surface area contributed by atoms with Gasteiger partial charge >= 0.3 is 0 Å². The number of amides is 1. The fourth-order valence-electron chi connectivity index (χ4n) is 4.30. The molecule has 0 unspecified atom stereocenters. The SMILES string of the molecule is C[C@H]1[C@H](NC(=O)c2cccn2-c2ccc([N+](=O)[O-])cc2)C2CCN1CC2. The zero-order valence-corrected chi connectivity index (χ0v) is 14.7. The van der Waals surface area contributed by atoms with E-state index in [9.17, 15) is 14.9 Å². The molecule has 2 bridgehead atoms. The van der Waals surface area contributed by atoms with Crippen LogP contribution in [0.3, 0.4) is 0 Å². The van der Waals surface area contributed by atoms with Gasteiger partial charge in [0.1, 0.15) is 5.69 Å². The van der Waals surface area contributed by atoms with Crippen LogP contribution in [0.15, 0.2) is 42.6 Å². The Balaban J connectivity index is 1.54. The first-order valence-electron chi connectivity index (χ1n) is 9.01. The van der Waals surface area contributed by atoms with E-state index in [0.29, 0.717) is 17.7 Å². The zero-order chi connectivity index (χ0) is 18.3. The summed E-state index contributed by atoms with van der Waals surface area (Å²) in [6, 6.07) is 10.3. The topological polar surface area (TPSA) is 80.4 Å². The van der Waals surface area contributed by atoms with Crippen LogP contribution in [0.2, 0.25) is 0 Å². The molecule has 0 radical (unpaired) electrons. The van der Waals surface area contributed by atoms with Crippen LogP contribution >= 0.6 is 0 Å². The molecule has 2 aromatic rings. The zero-order valence-electron chi connectivity index (χ0n) is 14.7. The number of hydrogen-bond acceptors (Lipinski definition) is 4. The number of carbonyl (C=O) groups is 1. The lowest BCUT2D eigenvalue weighted by Crippen LogP contribution is -2.62. The Hall–Kier alpha value is -2.67. The number of fused-ring (bicyclic) bond motifs is 3. The van der Waals surface area contributed by atoms with Gasteiger partial charge in [0.2, 0.25) is 0 Å². The average molecular weight is 354 g/mol. The van der Waals surface area contributed by atoms with Crippen molar-refractivity contribution in [3.63, 3.8) is 0 Å². The highest BCUT2D eigenvalue weighted by Crippen LogP contribution is 2.32. The van der Waals surface area contributed by atoms with Gasteiger partial charge in [-0.25, -0.2) is 0 Å². The average Bonchev–Trinajstić information content (AvgIpc) is 3.15. The summed E-state index contributed by atoms with van der Waals surface area (Å²) in [6.07, 6.45) is 4.08. The summed E-state index contributed by atoms with van der Waals surface area (Å²) in [6.45, 7) is 4.43. The maximum Gasteiger partial charge on any atom is 0.269 e. The number of non-ortho nitro benzene ring substituents is 1. The van der Waals surface area contributed by atoms with Gasteiger partial charge in [-0.1, -0.05) is 0 Å². The number of aromatic nitrogens is 1. The van der Waals surface area contributed by atoms with Crippen molar-refractivity contribution in [3.05, 3.63) is 58.4 Å². The van der Waals surface area contributed by atoms with Gasteiger partial charge in [-0.3, -0.25) is 19.8 Å². The molecule has 0 saturated carbocycles. The van der Waals surface area contributed by atoms with E-state index in [0.717, 1.165) is 31.6 Å². The van der Waals surface area contributed by atoms with Crippen molar-refractivity contribution in [2.75, 3.05) is 13.1 Å². The fraction of sp³-hybridized carbons (Fsp3) is 0.421. The molecule has 1 aromatic heterocycles. The van der Waals surface area contributed by atoms with Crippen LogP contribution in [0.25, 0.3) is 5.69 Å². The van der Waals surface area contributed by atoms with Gasteiger partial charge in [0.25, 0.3) is 11.6 Å². The van der Waals surface area contributed by atoms with Crippen LogP contribution < -0.4 is 5.32 Å². The molecule has 1 amide bonds. The van der Waals surface area contributed by atoms with Crippen LogP contribution in [0.5, 0.6) is 0 Å². The van der Waals surface area contributed by atoms with E-state index in [-0.39, 0.29) is 17.6 Å². The van der Waals surface area contributed by atoms with Gasteiger partial charge in [-0.15, -0.1) is 0 Å². The Morgan fingerprint density at radius 1 is 1.19 bits per heavy atom. The number of nitro benzene ring substituents is 1. The summed E-state index contributed by atoms with van der Waals surface area (Å²) in [5, 5.41) is 14.1. The van der Waals surface area contributed by atoms with Gasteiger partial charge in [-0.05, 0) is 63.0 Å². The number of benzene rings is 1. The predicted molar refractivity (Wildman–Crippen MR) is 97.4 cm³/mol. The van der Waals surface area contributed by atoms with Crippen molar-refractivity contribution in [3.8, 4) is 5.69 Å². The molecule has 4 heterocycles. The van der Waals surface area contributed by atoms with Gasteiger partial charge in [0, 0.05) is 36.1 Å². The van der Waals surface area contributed by atoms with Crippen molar-refractivity contribution in [1.29, 1.82) is 0 Å². The number of nitrogens with zero attached hydrogens (tertiary/aromatic N) is 3. The minimum absolute atomic E-state index is 0.0352. The van der Waals surface area contributed by atoms with Crippen molar-refractivity contribution in [2.24, 2.45) is 5.92 Å². The normalized spacial score (nSPS) is 27.3. The third kappa shape index (κ3) is 2.88. The summed E-state index contributed by atoms with van der Waals surface area (Å²) in [4.78, 5) is 25.7. The number of piperidine rings is 3. The largest absolute Gasteiger partial charge is 0.346 e. The number of hydrogen-bond donors (Lipinski definition) is 1. The first kappa shape index (κ1) is 16.8. The Morgan fingerprint density at radius 3 is 2.50 bits per heavy atom. The molecule has 3 fully saturated rings. The van der Waals surface area contributed by atoms with E-state index in [2.05, 4.69) is 17.1 Å². The Labute approximate surface area is 151 Å². The Bertz CT molecular complexity index is 820. The Morgan fingerprint density at radius 2 is 1.88 bits per heavy atom. The van der Waals surface area contributed by atoms with E-state index >= 15 is 0 Å². The lowest BCUT2D eigenvalue weighted by atomic mass is 9.79. The molecule has 2 atom stereocenters. The first-order valence-corrected chi connectivity index (χ1v) is 9.01. The van der Waals surface area contributed by atoms with Crippen molar-refractivity contribution in [1.82, 2.24) is 14.8 Å². The van der Waals surface area contributed by atoms with Crippen LogP contribution in [-0.2, 0) is 0 Å². The summed E-state index contributed by atoms with van der Waals surface area (Å²) < 4.78 is 1.77. The van der Waals surface area contributed by atoms with E-state index in [4.69, 9.17) is 0 Å². The smallest absolute Gasteiger partial charge is 0.269 e. The third-order valence-electron chi connectivity index (χ3n) is 5.80. The van der Waals surface area contributed by atoms with Gasteiger partial charge in [0.15, 0.2) is 0 Å². The molecule has 0 aliphatic carbocycles. The molecule has 7 nitrogen and oxygen atoms in total. The molecule has 136 valence electrons. The van der Waals surface area contributed by atoms with Gasteiger partial charge in [0.05, 0.1) is 4.92 Å². The number of carbonyl (C=O) groups excluding carboxylic acids is 1. The first-order chi connectivity index (χ1) is 12.5. The minimum atomic E-state index is -0.429. The minimum Gasteiger partial charge on any atom is -0.346 e. The summed E-state index contributed by atoms with van der Waals surface area (Å²) in [5.74, 6) is 0.445. The number of rotatable bonds is 4. The van der Waals surface area contributed by atoms with E-state index in [1.165, 1.54) is 12.1 Å². The summed E-state index contributed by atoms with van der Waals surface area (Å²) >= 11 is 0. The maximum absolute atomic E-state index is 12.9. The lowest BCUT2D eigenvalue weighted by molar-refractivity contribution is -0.384. The second kappa shape index (κ2) is 6.57. The molecule has 0 spiro atoms. The third-order valence-corrected chi connectivity index (χ3v) is 5.80. The second-order valence-electron chi connectivity index (χ2n) is 7.15. The van der Waals surface area contributed by atoms with Gasteiger partial charge < -0.3 is 9.88 Å². The summed E-state index contributed by atoms with van der Waals surface area (Å²) in [7, 11) is 0. The number of nitrogens with one attached hydrogen (secondary N) is 1. The van der Waals surface area contributed by atoms with E-state index in [1.54, 1.807) is 29.0 Å². The second-order valence-corrected chi connectivity index (χ2v) is 7.15. The highest BCUT2D eigenvalue weighted by molar-refractivity contribution is 5.93. The monoisotopic (exact) mass is 354 g/mol. The van der Waals surface area contributed by atoms with Crippen LogP contribution in [0.1, 0.15) is 30.3 Å². The molecular formula is C19H22N4O3. The fourth-order valence-corrected chi connectivity index (χ4v) is 4.30. The van der Waals surface area contributed by atoms with Crippen LogP contribution in [-0.4, -0.2) is 45.5 Å². The standard InChI is InChI=1S/C19H22N4O3/c1-13-18(14-8-11-21(13)12-9-14)20-19(24)17-3-2-10-22(17)15-4-6-16(7-5-15)23(25)26/h2-7,10,13-14,18H,8-9,11-12H2,1H3,(H,20,24)/t13-,18-/m0/s1. The highest BCUT2D eigenvalue weighted by Gasteiger charge is 2.40. The highest BCUT2D eigenvalue weighted by atomic mass is 16.6. The molecule has 3 aliphatic heterocycles. The van der Waals surface area contributed by atoms with E-state index < -0.39 is 4.92 Å². The van der Waals surface area contributed by atoms with Crippen molar-refractivity contribution >= 4 is 11.6 Å². The van der Waals surface area contributed by atoms with Gasteiger partial charge in [-0.2, -0.15) is 0 Å². The lowest BCUT2D eigenvalue weighted by Gasteiger charge is -2.49. The molecule has 1 N–H and O–H groups in total. The molecule has 26 heavy (non-hydrogen) atoms. The molecular weight excluding hydrogens is 332 g/mol. The summed E-state index contributed by atoms with van der Waals surface area (Å²) in [5.41, 5.74) is 1.31. The molecule has 7 heteroatoms. The maximum atomic E-state index is 12.9.